The molecule has 5 rings (SSSR count). The highest BCUT2D eigenvalue weighted by molar-refractivity contribution is 6.30. The summed E-state index contributed by atoms with van der Waals surface area (Å²) in [6, 6.07) is 7.11. The van der Waals surface area contributed by atoms with Gasteiger partial charge < -0.3 is 15.2 Å². The molecule has 0 aliphatic carbocycles. The predicted molar refractivity (Wildman–Crippen MR) is 104 cm³/mol. The average Bonchev–Trinajstić information content (AvgIpc) is 3.07. The Morgan fingerprint density at radius 3 is 2.85 bits per heavy atom. The molecule has 27 heavy (non-hydrogen) atoms. The number of rotatable bonds is 3. The van der Waals surface area contributed by atoms with Gasteiger partial charge in [0.05, 0.1) is 18.2 Å². The summed E-state index contributed by atoms with van der Waals surface area (Å²) in [5.74, 6) is 0.780. The number of nitrogens with zero attached hydrogens (tertiary/aromatic N) is 3. The molecule has 6 nitrogen and oxygen atoms in total. The van der Waals surface area contributed by atoms with Crippen LogP contribution >= 0.6 is 11.6 Å². The number of ether oxygens (including phenoxy) is 1. The maximum atomic E-state index is 10.3. The molecule has 2 aliphatic rings. The number of hydrogen-bond donors (Lipinski definition) is 2. The molecular weight excluding hydrogens is 364 g/mol. The fourth-order valence-electron chi connectivity index (χ4n) is 4.14. The monoisotopic (exact) mass is 382 g/mol. The lowest BCUT2D eigenvalue weighted by atomic mass is 10.0. The standard InChI is InChI=1S/C20H19ClN4O2/c21-11-1-4-14(17(26)9-11)19-13-7-8-22-10-15(13)20(25-24-19)23-16-5-2-12-3-6-18(16)27-12/h1,4,7-10,12,16,18,26H,2-3,5-6H2,(H,23,25)/t12-,16?,18?/m1/s1. The Kier molecular flexibility index (Phi) is 4.10. The molecule has 3 atom stereocenters. The normalized spacial score (nSPS) is 24.3. The van der Waals surface area contributed by atoms with E-state index in [9.17, 15) is 5.11 Å². The molecule has 2 N–H and O–H groups in total. The van der Waals surface area contributed by atoms with Crippen LogP contribution in [0.5, 0.6) is 5.75 Å². The second kappa shape index (κ2) is 6.62. The van der Waals surface area contributed by atoms with E-state index in [1.54, 1.807) is 24.5 Å². The van der Waals surface area contributed by atoms with E-state index in [1.807, 2.05) is 6.07 Å². The quantitative estimate of drug-likeness (QED) is 0.707. The largest absolute Gasteiger partial charge is 0.507 e. The van der Waals surface area contributed by atoms with Gasteiger partial charge in [0.2, 0.25) is 0 Å². The summed E-state index contributed by atoms with van der Waals surface area (Å²) in [6.45, 7) is 0. The van der Waals surface area contributed by atoms with Gasteiger partial charge in [-0.1, -0.05) is 11.6 Å². The first-order valence-corrected chi connectivity index (χ1v) is 9.58. The van der Waals surface area contributed by atoms with Gasteiger partial charge >= 0.3 is 0 Å². The molecule has 7 heteroatoms. The molecule has 0 saturated carbocycles. The Morgan fingerprint density at radius 2 is 1.96 bits per heavy atom. The van der Waals surface area contributed by atoms with E-state index in [0.717, 1.165) is 36.5 Å². The third-order valence-corrected chi connectivity index (χ3v) is 5.74. The maximum absolute atomic E-state index is 10.3. The number of aromatic hydroxyl groups is 1. The maximum Gasteiger partial charge on any atom is 0.158 e. The molecule has 3 aromatic rings. The molecule has 0 amide bonds. The zero-order chi connectivity index (χ0) is 18.4. The second-order valence-corrected chi connectivity index (χ2v) is 7.62. The number of hydrogen-bond acceptors (Lipinski definition) is 6. The van der Waals surface area contributed by atoms with Crippen molar-refractivity contribution < 1.29 is 9.84 Å². The highest BCUT2D eigenvalue weighted by Crippen LogP contribution is 2.37. The summed E-state index contributed by atoms with van der Waals surface area (Å²) in [7, 11) is 0. The number of nitrogens with one attached hydrogen (secondary N) is 1. The van der Waals surface area contributed by atoms with Gasteiger partial charge in [0, 0.05) is 33.8 Å². The fraction of sp³-hybridized carbons (Fsp3) is 0.350. The minimum atomic E-state index is 0.0771. The van der Waals surface area contributed by atoms with Crippen molar-refractivity contribution >= 4 is 28.2 Å². The van der Waals surface area contributed by atoms with Crippen LogP contribution in [-0.4, -0.2) is 38.5 Å². The highest BCUT2D eigenvalue weighted by atomic mass is 35.5. The van der Waals surface area contributed by atoms with E-state index in [2.05, 4.69) is 20.5 Å². The van der Waals surface area contributed by atoms with Crippen LogP contribution in [0.1, 0.15) is 25.7 Å². The molecule has 138 valence electrons. The van der Waals surface area contributed by atoms with Gasteiger partial charge in [0.1, 0.15) is 11.4 Å². The van der Waals surface area contributed by atoms with Gasteiger partial charge in [-0.15, -0.1) is 10.2 Å². The smallest absolute Gasteiger partial charge is 0.158 e. The number of aromatic nitrogens is 3. The van der Waals surface area contributed by atoms with Crippen LogP contribution in [0.25, 0.3) is 22.0 Å². The van der Waals surface area contributed by atoms with Gasteiger partial charge in [0.15, 0.2) is 5.82 Å². The van der Waals surface area contributed by atoms with E-state index in [-0.39, 0.29) is 17.9 Å². The van der Waals surface area contributed by atoms with E-state index in [0.29, 0.717) is 28.2 Å². The summed E-state index contributed by atoms with van der Waals surface area (Å²) < 4.78 is 6.04. The topological polar surface area (TPSA) is 80.2 Å². The van der Waals surface area contributed by atoms with Crippen molar-refractivity contribution in [1.29, 1.82) is 0 Å². The van der Waals surface area contributed by atoms with Crippen molar-refractivity contribution in [3.8, 4) is 17.0 Å². The number of benzene rings is 1. The lowest BCUT2D eigenvalue weighted by Crippen LogP contribution is -2.38. The molecule has 2 aromatic heterocycles. The Bertz CT molecular complexity index is 1010. The Labute approximate surface area is 161 Å². The van der Waals surface area contributed by atoms with E-state index < -0.39 is 0 Å². The fourth-order valence-corrected chi connectivity index (χ4v) is 4.31. The molecule has 0 spiro atoms. The van der Waals surface area contributed by atoms with Crippen LogP contribution in [-0.2, 0) is 4.74 Å². The Balaban J connectivity index is 1.56. The van der Waals surface area contributed by atoms with Crippen molar-refractivity contribution in [2.45, 2.75) is 43.9 Å². The van der Waals surface area contributed by atoms with Gasteiger partial charge in [-0.2, -0.15) is 0 Å². The van der Waals surface area contributed by atoms with E-state index >= 15 is 0 Å². The second-order valence-electron chi connectivity index (χ2n) is 7.18. The predicted octanol–water partition coefficient (Wildman–Crippen LogP) is 4.17. The Morgan fingerprint density at radius 1 is 1.07 bits per heavy atom. The van der Waals surface area contributed by atoms with Crippen molar-refractivity contribution in [2.75, 3.05) is 5.32 Å². The minimum Gasteiger partial charge on any atom is -0.507 e. The highest BCUT2D eigenvalue weighted by Gasteiger charge is 2.37. The SMILES string of the molecule is Oc1cc(Cl)ccc1-c1nnc(NC2CC[C@@H]3CCC2O3)c2cnccc12. The molecule has 2 saturated heterocycles. The van der Waals surface area contributed by atoms with Crippen LogP contribution in [0.2, 0.25) is 5.02 Å². The lowest BCUT2D eigenvalue weighted by molar-refractivity contribution is -0.00225. The summed E-state index contributed by atoms with van der Waals surface area (Å²) >= 11 is 5.96. The molecule has 2 bridgehead atoms. The zero-order valence-corrected chi connectivity index (χ0v) is 15.4. The van der Waals surface area contributed by atoms with E-state index in [4.69, 9.17) is 16.3 Å². The van der Waals surface area contributed by atoms with Crippen molar-refractivity contribution in [3.63, 3.8) is 0 Å². The number of anilines is 1. The third kappa shape index (κ3) is 2.99. The molecule has 4 heterocycles. The summed E-state index contributed by atoms with van der Waals surface area (Å²) in [6.07, 6.45) is 8.53. The molecule has 2 unspecified atom stereocenters. The van der Waals surface area contributed by atoms with Gasteiger partial charge in [-0.05, 0) is 49.9 Å². The number of pyridine rings is 1. The molecule has 0 radical (unpaired) electrons. The zero-order valence-electron chi connectivity index (χ0n) is 14.6. The first-order valence-electron chi connectivity index (χ1n) is 9.20. The van der Waals surface area contributed by atoms with Crippen molar-refractivity contribution in [3.05, 3.63) is 41.7 Å². The van der Waals surface area contributed by atoms with Gasteiger partial charge in [-0.25, -0.2) is 0 Å². The summed E-state index contributed by atoms with van der Waals surface area (Å²) in [5, 5.41) is 24.9. The van der Waals surface area contributed by atoms with Crippen molar-refractivity contribution in [1.82, 2.24) is 15.2 Å². The number of fused-ring (bicyclic) bond motifs is 3. The lowest BCUT2D eigenvalue weighted by Gasteiger charge is -2.30. The number of phenolic OH excluding ortho intramolecular Hbond substituents is 1. The van der Waals surface area contributed by atoms with Crippen LogP contribution < -0.4 is 5.32 Å². The first kappa shape index (κ1) is 16.7. The third-order valence-electron chi connectivity index (χ3n) is 5.51. The van der Waals surface area contributed by atoms with Crippen molar-refractivity contribution in [2.24, 2.45) is 0 Å². The molecule has 1 aromatic carbocycles. The summed E-state index contributed by atoms with van der Waals surface area (Å²) in [4.78, 5) is 4.26. The Hall–Kier alpha value is -2.44. The van der Waals surface area contributed by atoms with Crippen LogP contribution in [0.3, 0.4) is 0 Å². The van der Waals surface area contributed by atoms with Crippen LogP contribution in [0.4, 0.5) is 5.82 Å². The first-order chi connectivity index (χ1) is 13.2. The number of phenols is 1. The van der Waals surface area contributed by atoms with Gasteiger partial charge in [0.25, 0.3) is 0 Å². The molecule has 2 aliphatic heterocycles. The molecular formula is C20H19ClN4O2. The van der Waals surface area contributed by atoms with Crippen LogP contribution in [0.15, 0.2) is 36.7 Å². The number of halogens is 1. The minimum absolute atomic E-state index is 0.0771. The van der Waals surface area contributed by atoms with E-state index in [1.165, 1.54) is 6.07 Å². The van der Waals surface area contributed by atoms with Gasteiger partial charge in [-0.3, -0.25) is 4.98 Å². The summed E-state index contributed by atoms with van der Waals surface area (Å²) in [5.41, 5.74) is 1.20. The molecule has 2 fully saturated rings. The van der Waals surface area contributed by atoms with Crippen LogP contribution in [0, 0.1) is 0 Å². The average molecular weight is 383 g/mol.